The van der Waals surface area contributed by atoms with Gasteiger partial charge < -0.3 is 15.2 Å². The Labute approximate surface area is 97.9 Å². The Hall–Kier alpha value is -2.24. The molecule has 0 bridgehead atoms. The fraction of sp³-hybridized carbons (Fsp3) is 0.273. The quantitative estimate of drug-likeness (QED) is 0.778. The summed E-state index contributed by atoms with van der Waals surface area (Å²) in [5.74, 6) is 0.0702. The van der Waals surface area contributed by atoms with Gasteiger partial charge in [-0.3, -0.25) is 4.79 Å². The lowest BCUT2D eigenvalue weighted by Gasteiger charge is -2.11. The minimum atomic E-state index is -0.619. The summed E-state index contributed by atoms with van der Waals surface area (Å²) in [4.78, 5) is 23.7. The summed E-state index contributed by atoms with van der Waals surface area (Å²) in [6.07, 6.45) is -0.619. The summed E-state index contributed by atoms with van der Waals surface area (Å²) in [6.45, 7) is 0.305. The van der Waals surface area contributed by atoms with Crippen LogP contribution in [-0.4, -0.2) is 36.7 Å². The van der Waals surface area contributed by atoms with Gasteiger partial charge >= 0.3 is 6.09 Å². The zero-order valence-electron chi connectivity index (χ0n) is 9.09. The average Bonchev–Trinajstić information content (AvgIpc) is 2.72. The lowest BCUT2D eigenvalue weighted by Crippen LogP contribution is -2.35. The van der Waals surface area contributed by atoms with Crippen LogP contribution in [0.25, 0.3) is 0 Å². The number of imide groups is 1. The Kier molecular flexibility index (Phi) is 3.13. The van der Waals surface area contributed by atoms with Crippen LogP contribution in [0.2, 0.25) is 0 Å². The topological polar surface area (TPSA) is 81.9 Å². The van der Waals surface area contributed by atoms with Gasteiger partial charge in [-0.15, -0.1) is 0 Å². The molecule has 2 rings (SSSR count). The van der Waals surface area contributed by atoms with Gasteiger partial charge in [0.25, 0.3) is 5.91 Å². The summed E-state index contributed by atoms with van der Waals surface area (Å²) in [5.41, 5.74) is 6.11. The van der Waals surface area contributed by atoms with E-state index in [1.807, 2.05) is 0 Å². The lowest BCUT2D eigenvalue weighted by atomic mass is 10.3. The highest BCUT2D eigenvalue weighted by molar-refractivity contribution is 5.93. The van der Waals surface area contributed by atoms with Gasteiger partial charge in [0.05, 0.1) is 6.54 Å². The first-order valence-corrected chi connectivity index (χ1v) is 5.12. The molecule has 1 saturated heterocycles. The van der Waals surface area contributed by atoms with Crippen LogP contribution in [0.15, 0.2) is 24.3 Å². The molecular weight excluding hydrogens is 224 g/mol. The maximum absolute atomic E-state index is 11.6. The average molecular weight is 236 g/mol. The van der Waals surface area contributed by atoms with Crippen molar-refractivity contribution in [2.45, 2.75) is 0 Å². The van der Waals surface area contributed by atoms with Crippen molar-refractivity contribution in [1.29, 1.82) is 0 Å². The summed E-state index contributed by atoms with van der Waals surface area (Å²) < 4.78 is 9.88. The molecular formula is C11H12N2O4. The van der Waals surface area contributed by atoms with Gasteiger partial charge in [0.1, 0.15) is 12.4 Å². The largest absolute Gasteiger partial charge is 0.484 e. The number of ether oxygens (including phenoxy) is 2. The third kappa shape index (κ3) is 2.66. The number of cyclic esters (lactones) is 1. The molecule has 2 N–H and O–H groups in total. The zero-order valence-corrected chi connectivity index (χ0v) is 9.09. The van der Waals surface area contributed by atoms with E-state index >= 15 is 0 Å². The van der Waals surface area contributed by atoms with Crippen molar-refractivity contribution in [3.63, 3.8) is 0 Å². The van der Waals surface area contributed by atoms with Crippen LogP contribution >= 0.6 is 0 Å². The molecule has 0 atom stereocenters. The minimum Gasteiger partial charge on any atom is -0.484 e. The van der Waals surface area contributed by atoms with Crippen LogP contribution in [0, 0.1) is 0 Å². The number of nitrogens with two attached hydrogens (primary N) is 1. The smallest absolute Gasteiger partial charge is 0.416 e. The molecule has 1 aromatic rings. The minimum absolute atomic E-state index is 0.210. The first kappa shape index (κ1) is 11.3. The molecule has 0 aromatic heterocycles. The third-order valence-corrected chi connectivity index (χ3v) is 2.28. The van der Waals surface area contributed by atoms with Gasteiger partial charge in [-0.05, 0) is 12.1 Å². The highest BCUT2D eigenvalue weighted by Gasteiger charge is 2.28. The second-order valence-corrected chi connectivity index (χ2v) is 3.52. The molecule has 1 aromatic carbocycles. The molecule has 1 aliphatic heterocycles. The van der Waals surface area contributed by atoms with Crippen molar-refractivity contribution in [2.75, 3.05) is 25.5 Å². The number of carbonyl (C=O) groups is 2. The predicted octanol–water partition coefficient (Wildman–Crippen LogP) is 0.626. The van der Waals surface area contributed by atoms with Crippen molar-refractivity contribution in [2.24, 2.45) is 0 Å². The molecule has 90 valence electrons. The number of amides is 2. The monoisotopic (exact) mass is 236 g/mol. The molecule has 0 spiro atoms. The van der Waals surface area contributed by atoms with Crippen molar-refractivity contribution >= 4 is 17.7 Å². The number of rotatable bonds is 3. The van der Waals surface area contributed by atoms with Gasteiger partial charge in [0, 0.05) is 11.8 Å². The fourth-order valence-electron chi connectivity index (χ4n) is 1.45. The number of hydrogen-bond acceptors (Lipinski definition) is 5. The van der Waals surface area contributed by atoms with Crippen LogP contribution in [0.4, 0.5) is 10.5 Å². The fourth-order valence-corrected chi connectivity index (χ4v) is 1.45. The molecule has 6 nitrogen and oxygen atoms in total. The second-order valence-electron chi connectivity index (χ2n) is 3.52. The molecule has 1 fully saturated rings. The molecule has 6 heteroatoms. The number of hydrogen-bond donors (Lipinski definition) is 1. The van der Waals surface area contributed by atoms with E-state index in [1.165, 1.54) is 0 Å². The number of anilines is 1. The van der Waals surface area contributed by atoms with Crippen molar-refractivity contribution in [1.82, 2.24) is 4.90 Å². The van der Waals surface area contributed by atoms with E-state index in [-0.39, 0.29) is 19.8 Å². The van der Waals surface area contributed by atoms with Crippen molar-refractivity contribution < 1.29 is 19.1 Å². The van der Waals surface area contributed by atoms with Crippen molar-refractivity contribution in [3.8, 4) is 5.75 Å². The molecule has 17 heavy (non-hydrogen) atoms. The summed E-state index contributed by atoms with van der Waals surface area (Å²) in [6, 6.07) is 6.73. The first-order valence-electron chi connectivity index (χ1n) is 5.12. The Balaban J connectivity index is 1.90. The maximum Gasteiger partial charge on any atom is 0.416 e. The Bertz CT molecular complexity index is 447. The highest BCUT2D eigenvalue weighted by atomic mass is 16.6. The van der Waals surface area contributed by atoms with Crippen LogP contribution < -0.4 is 10.5 Å². The standard InChI is InChI=1S/C11H12N2O4/c12-8-2-1-3-9(6-8)17-7-10(14)13-4-5-16-11(13)15/h1-3,6H,4-5,7,12H2. The highest BCUT2D eigenvalue weighted by Crippen LogP contribution is 2.14. The van der Waals surface area contributed by atoms with Gasteiger partial charge in [0.2, 0.25) is 0 Å². The maximum atomic E-state index is 11.6. The third-order valence-electron chi connectivity index (χ3n) is 2.28. The van der Waals surface area contributed by atoms with E-state index in [0.717, 1.165) is 4.90 Å². The van der Waals surface area contributed by atoms with Crippen LogP contribution in [-0.2, 0) is 9.53 Å². The van der Waals surface area contributed by atoms with Gasteiger partial charge in [-0.1, -0.05) is 6.07 Å². The Morgan fingerprint density at radius 1 is 1.53 bits per heavy atom. The first-order chi connectivity index (χ1) is 8.16. The number of carbonyl (C=O) groups excluding carboxylic acids is 2. The normalized spacial score (nSPS) is 14.6. The van der Waals surface area contributed by atoms with Crippen LogP contribution in [0.1, 0.15) is 0 Å². The Morgan fingerprint density at radius 2 is 2.35 bits per heavy atom. The van der Waals surface area contributed by atoms with Crippen LogP contribution in [0.5, 0.6) is 5.75 Å². The van der Waals surface area contributed by atoms with E-state index in [4.69, 9.17) is 10.5 Å². The SMILES string of the molecule is Nc1cccc(OCC(=O)N2CCOC2=O)c1. The molecule has 2 amide bonds. The molecule has 0 radical (unpaired) electrons. The van der Waals surface area contributed by atoms with Gasteiger partial charge in [0.15, 0.2) is 6.61 Å². The number of nitrogens with zero attached hydrogens (tertiary/aromatic N) is 1. The molecule has 1 heterocycles. The summed E-state index contributed by atoms with van der Waals surface area (Å²) in [5, 5.41) is 0. The summed E-state index contributed by atoms with van der Waals surface area (Å²) >= 11 is 0. The Morgan fingerprint density at radius 3 is 3.00 bits per heavy atom. The predicted molar refractivity (Wildman–Crippen MR) is 59.4 cm³/mol. The van der Waals surface area contributed by atoms with Gasteiger partial charge in [-0.25, -0.2) is 9.69 Å². The molecule has 0 saturated carbocycles. The van der Waals surface area contributed by atoms with E-state index in [1.54, 1.807) is 24.3 Å². The van der Waals surface area contributed by atoms with E-state index in [2.05, 4.69) is 4.74 Å². The van der Waals surface area contributed by atoms with E-state index < -0.39 is 12.0 Å². The van der Waals surface area contributed by atoms with E-state index in [9.17, 15) is 9.59 Å². The molecule has 0 unspecified atom stereocenters. The molecule has 1 aliphatic rings. The van der Waals surface area contributed by atoms with Crippen molar-refractivity contribution in [3.05, 3.63) is 24.3 Å². The lowest BCUT2D eigenvalue weighted by molar-refractivity contribution is -0.129. The van der Waals surface area contributed by atoms with Gasteiger partial charge in [-0.2, -0.15) is 0 Å². The number of benzene rings is 1. The summed E-state index contributed by atoms with van der Waals surface area (Å²) in [7, 11) is 0. The zero-order chi connectivity index (χ0) is 12.3. The molecule has 0 aliphatic carbocycles. The van der Waals surface area contributed by atoms with Crippen LogP contribution in [0.3, 0.4) is 0 Å². The number of nitrogen functional groups attached to an aromatic ring is 1. The second kappa shape index (κ2) is 4.73. The van der Waals surface area contributed by atoms with E-state index in [0.29, 0.717) is 11.4 Å².